The Morgan fingerprint density at radius 1 is 0.971 bits per heavy atom. The van der Waals surface area contributed by atoms with Gasteiger partial charge in [0.25, 0.3) is 0 Å². The number of nitrogens with one attached hydrogen (secondary N) is 4. The maximum absolute atomic E-state index is 13.1. The van der Waals surface area contributed by atoms with Gasteiger partial charge in [0.1, 0.15) is 5.84 Å². The maximum atomic E-state index is 13.1. The number of hydrogen-bond donors (Lipinski definition) is 5. The first-order valence-electron chi connectivity index (χ1n) is 11.6. The van der Waals surface area contributed by atoms with Crippen LogP contribution in [0.15, 0.2) is 72.9 Å². The second-order valence-electron chi connectivity index (χ2n) is 8.55. The molecule has 2 atom stereocenters. The highest BCUT2D eigenvalue weighted by atomic mass is 16.2. The van der Waals surface area contributed by atoms with Crippen LogP contribution in [0.1, 0.15) is 42.1 Å². The van der Waals surface area contributed by atoms with E-state index in [4.69, 9.17) is 11.1 Å². The molecule has 3 aromatic rings. The predicted molar refractivity (Wildman–Crippen MR) is 134 cm³/mol. The lowest BCUT2D eigenvalue weighted by Crippen LogP contribution is -2.39. The summed E-state index contributed by atoms with van der Waals surface area (Å²) in [6.45, 7) is 2.71. The topological polar surface area (TPSA) is 124 Å². The number of aryl methyl sites for hydroxylation is 1. The molecule has 1 amide bonds. The van der Waals surface area contributed by atoms with E-state index in [2.05, 4.69) is 27.8 Å². The molecule has 1 aromatic heterocycles. The number of Topliss-reactive ketones (excluding diaryl/α,β-unsaturated/α-hetero) is 1. The molecule has 7 heteroatoms. The van der Waals surface area contributed by atoms with Gasteiger partial charge in [0.15, 0.2) is 5.78 Å². The van der Waals surface area contributed by atoms with Crippen LogP contribution in [-0.2, 0) is 29.1 Å². The van der Waals surface area contributed by atoms with Crippen molar-refractivity contribution in [3.8, 4) is 0 Å². The van der Waals surface area contributed by atoms with E-state index in [-0.39, 0.29) is 30.0 Å². The molecule has 0 aliphatic carbocycles. The summed E-state index contributed by atoms with van der Waals surface area (Å²) in [6.07, 6.45) is 3.48. The fourth-order valence-electron chi connectivity index (χ4n) is 3.75. The Balaban J connectivity index is 1.53. The number of amides is 1. The van der Waals surface area contributed by atoms with E-state index in [9.17, 15) is 9.59 Å². The molecule has 0 aliphatic heterocycles. The van der Waals surface area contributed by atoms with E-state index in [0.717, 1.165) is 17.7 Å². The van der Waals surface area contributed by atoms with Crippen LogP contribution in [0.5, 0.6) is 0 Å². The summed E-state index contributed by atoms with van der Waals surface area (Å²) in [6, 6.07) is 20.8. The zero-order chi connectivity index (χ0) is 24.3. The van der Waals surface area contributed by atoms with Crippen molar-refractivity contribution in [2.75, 3.05) is 0 Å². The minimum atomic E-state index is -0.435. The van der Waals surface area contributed by atoms with Crippen molar-refractivity contribution < 1.29 is 9.59 Å². The lowest BCUT2D eigenvalue weighted by molar-refractivity contribution is -0.129. The van der Waals surface area contributed by atoms with Crippen LogP contribution < -0.4 is 16.4 Å². The van der Waals surface area contributed by atoms with E-state index >= 15 is 0 Å². The van der Waals surface area contributed by atoms with Gasteiger partial charge in [0.05, 0.1) is 6.04 Å². The van der Waals surface area contributed by atoms with Gasteiger partial charge in [-0.15, -0.1) is 0 Å². The standard InChI is InChI=1S/C27H33N5O2/c1-19(27(34)32-17-21-9-12-22(13-10-21)26(28)29)16-25(33)24(31-18-23-8-5-15-30-23)14-11-20-6-3-2-4-7-20/h2-10,12-13,15,19,24,30-31H,11,14,16-18H2,1H3,(H3,28,29)(H,32,34)/t19-,24-/m1/s1. The average molecular weight is 460 g/mol. The predicted octanol–water partition coefficient (Wildman–Crippen LogP) is 3.30. The number of carbonyl (C=O) groups excluding carboxylic acids is 2. The van der Waals surface area contributed by atoms with Gasteiger partial charge >= 0.3 is 0 Å². The number of nitrogens with two attached hydrogens (primary N) is 1. The third kappa shape index (κ3) is 7.71. The van der Waals surface area contributed by atoms with E-state index < -0.39 is 5.92 Å². The zero-order valence-electron chi connectivity index (χ0n) is 19.5. The monoisotopic (exact) mass is 459 g/mol. The van der Waals surface area contributed by atoms with Crippen LogP contribution in [-0.4, -0.2) is 28.6 Å². The molecule has 2 aromatic carbocycles. The summed E-state index contributed by atoms with van der Waals surface area (Å²) in [4.78, 5) is 28.9. The van der Waals surface area contributed by atoms with Crippen molar-refractivity contribution >= 4 is 17.5 Å². The van der Waals surface area contributed by atoms with Gasteiger partial charge in [0, 0.05) is 42.9 Å². The largest absolute Gasteiger partial charge is 0.384 e. The molecule has 3 rings (SSSR count). The Labute approximate surface area is 200 Å². The molecule has 0 saturated carbocycles. The Bertz CT molecular complexity index is 1060. The molecule has 6 N–H and O–H groups in total. The Morgan fingerprint density at radius 3 is 2.35 bits per heavy atom. The number of ketones is 1. The van der Waals surface area contributed by atoms with Gasteiger partial charge in [-0.2, -0.15) is 0 Å². The van der Waals surface area contributed by atoms with Crippen LogP contribution >= 0.6 is 0 Å². The van der Waals surface area contributed by atoms with Crippen molar-refractivity contribution in [1.82, 2.24) is 15.6 Å². The summed E-state index contributed by atoms with van der Waals surface area (Å²) in [7, 11) is 0. The highest BCUT2D eigenvalue weighted by Crippen LogP contribution is 2.12. The lowest BCUT2D eigenvalue weighted by atomic mass is 9.95. The number of aromatic nitrogens is 1. The number of amidine groups is 1. The number of rotatable bonds is 13. The van der Waals surface area contributed by atoms with Gasteiger partial charge in [-0.25, -0.2) is 0 Å². The van der Waals surface area contributed by atoms with Crippen LogP contribution in [0.3, 0.4) is 0 Å². The highest BCUT2D eigenvalue weighted by Gasteiger charge is 2.23. The molecule has 7 nitrogen and oxygen atoms in total. The van der Waals surface area contributed by atoms with Gasteiger partial charge in [-0.3, -0.25) is 15.0 Å². The van der Waals surface area contributed by atoms with Gasteiger partial charge < -0.3 is 21.4 Å². The Hall–Kier alpha value is -3.71. The molecular formula is C27H33N5O2. The summed E-state index contributed by atoms with van der Waals surface area (Å²) >= 11 is 0. The van der Waals surface area contributed by atoms with Gasteiger partial charge in [-0.1, -0.05) is 61.5 Å². The smallest absolute Gasteiger partial charge is 0.223 e. The molecule has 0 radical (unpaired) electrons. The van der Waals surface area contributed by atoms with Crippen molar-refractivity contribution in [2.24, 2.45) is 11.7 Å². The molecule has 0 aliphatic rings. The number of benzene rings is 2. The Kier molecular flexibility index (Phi) is 9.17. The summed E-state index contributed by atoms with van der Waals surface area (Å²) in [5.41, 5.74) is 9.22. The average Bonchev–Trinajstić information content (AvgIpc) is 3.37. The molecule has 0 saturated heterocycles. The van der Waals surface area contributed by atoms with Crippen molar-refractivity contribution in [2.45, 2.75) is 45.3 Å². The zero-order valence-corrected chi connectivity index (χ0v) is 19.5. The molecule has 178 valence electrons. The van der Waals surface area contributed by atoms with Crippen LogP contribution in [0, 0.1) is 11.3 Å². The van der Waals surface area contributed by atoms with Crippen molar-refractivity contribution in [3.05, 3.63) is 95.3 Å². The number of H-pyrrole nitrogens is 1. The quantitative estimate of drug-likeness (QED) is 0.199. The van der Waals surface area contributed by atoms with Gasteiger partial charge in [0.2, 0.25) is 5.91 Å². The first-order valence-corrected chi connectivity index (χ1v) is 11.6. The second-order valence-corrected chi connectivity index (χ2v) is 8.55. The third-order valence-electron chi connectivity index (χ3n) is 5.84. The number of hydrogen-bond acceptors (Lipinski definition) is 4. The van der Waals surface area contributed by atoms with E-state index in [1.165, 1.54) is 5.56 Å². The van der Waals surface area contributed by atoms with Crippen LogP contribution in [0.4, 0.5) is 0 Å². The van der Waals surface area contributed by atoms with Crippen molar-refractivity contribution in [1.29, 1.82) is 5.41 Å². The molecule has 34 heavy (non-hydrogen) atoms. The molecule has 1 heterocycles. The van der Waals surface area contributed by atoms with Crippen molar-refractivity contribution in [3.63, 3.8) is 0 Å². The molecular weight excluding hydrogens is 426 g/mol. The molecule has 0 spiro atoms. The fraction of sp³-hybridized carbons (Fsp3) is 0.296. The highest BCUT2D eigenvalue weighted by molar-refractivity contribution is 5.94. The SMILES string of the molecule is C[C@H](CC(=O)[C@@H](CCc1ccccc1)NCc1ccc[nH]1)C(=O)NCc1ccc(C(=N)N)cc1. The summed E-state index contributed by atoms with van der Waals surface area (Å²) in [5, 5.41) is 13.7. The van der Waals surface area contributed by atoms with E-state index in [0.29, 0.717) is 25.1 Å². The van der Waals surface area contributed by atoms with E-state index in [1.54, 1.807) is 19.1 Å². The minimum absolute atomic E-state index is 0.00872. The maximum Gasteiger partial charge on any atom is 0.223 e. The number of nitrogen functional groups attached to an aromatic ring is 1. The second kappa shape index (κ2) is 12.5. The number of carbonyl (C=O) groups is 2. The minimum Gasteiger partial charge on any atom is -0.384 e. The first kappa shape index (κ1) is 24.9. The third-order valence-corrected chi connectivity index (χ3v) is 5.84. The first-order chi connectivity index (χ1) is 16.4. The molecule has 0 bridgehead atoms. The Morgan fingerprint density at radius 2 is 1.71 bits per heavy atom. The van der Waals surface area contributed by atoms with Gasteiger partial charge in [-0.05, 0) is 36.1 Å². The molecule has 0 unspecified atom stereocenters. The molecule has 0 fully saturated rings. The van der Waals surface area contributed by atoms with Crippen LogP contribution in [0.25, 0.3) is 0 Å². The van der Waals surface area contributed by atoms with E-state index in [1.807, 2.05) is 48.7 Å². The van der Waals surface area contributed by atoms with Crippen LogP contribution in [0.2, 0.25) is 0 Å². The summed E-state index contributed by atoms with van der Waals surface area (Å²) < 4.78 is 0. The normalized spacial score (nSPS) is 12.6. The summed E-state index contributed by atoms with van der Waals surface area (Å²) in [5.74, 6) is -0.545. The fourth-order valence-corrected chi connectivity index (χ4v) is 3.75. The lowest BCUT2D eigenvalue weighted by Gasteiger charge is -2.20. The number of aromatic amines is 1.